The van der Waals surface area contributed by atoms with E-state index in [1.807, 2.05) is 7.05 Å². The van der Waals surface area contributed by atoms with Crippen LogP contribution in [0, 0.1) is 0 Å². The fourth-order valence-electron chi connectivity index (χ4n) is 2.33. The largest absolute Gasteiger partial charge is 0.315 e. The molecule has 2 saturated heterocycles. The smallest absolute Gasteiger partial charge is 0.218 e. The van der Waals surface area contributed by atoms with Crippen LogP contribution in [0.5, 0.6) is 0 Å². The van der Waals surface area contributed by atoms with Crippen molar-refractivity contribution in [2.24, 2.45) is 0 Å². The van der Waals surface area contributed by atoms with Crippen molar-refractivity contribution in [2.45, 2.75) is 18.1 Å². The predicted octanol–water partition coefficient (Wildman–Crippen LogP) is -0.684. The molecule has 0 spiro atoms. The molecule has 0 aromatic carbocycles. The molecule has 6 heteroatoms. The third-order valence-corrected chi connectivity index (χ3v) is 5.82. The highest BCUT2D eigenvalue weighted by Gasteiger charge is 2.34. The van der Waals surface area contributed by atoms with Gasteiger partial charge in [0, 0.05) is 32.7 Å². The van der Waals surface area contributed by atoms with Gasteiger partial charge in [-0.25, -0.2) is 8.42 Å². The first kappa shape index (κ1) is 12.3. The summed E-state index contributed by atoms with van der Waals surface area (Å²) in [6, 6.07) is 0. The average Bonchev–Trinajstić information content (AvgIpc) is 2.31. The van der Waals surface area contributed by atoms with Crippen molar-refractivity contribution < 1.29 is 8.42 Å². The normalized spacial score (nSPS) is 30.4. The van der Waals surface area contributed by atoms with Gasteiger partial charge in [-0.1, -0.05) is 0 Å². The van der Waals surface area contributed by atoms with E-state index in [0.29, 0.717) is 19.6 Å². The van der Waals surface area contributed by atoms with Crippen LogP contribution >= 0.6 is 0 Å². The fourth-order valence-corrected chi connectivity index (χ4v) is 4.21. The zero-order valence-electron chi connectivity index (χ0n) is 9.85. The molecule has 0 bridgehead atoms. The fraction of sp³-hybridized carbons (Fsp3) is 1.00. The van der Waals surface area contributed by atoms with Gasteiger partial charge in [0.05, 0.1) is 5.25 Å². The lowest BCUT2D eigenvalue weighted by Gasteiger charge is -2.35. The van der Waals surface area contributed by atoms with Gasteiger partial charge in [0.15, 0.2) is 0 Å². The monoisotopic (exact) mass is 247 g/mol. The average molecular weight is 247 g/mol. The van der Waals surface area contributed by atoms with E-state index < -0.39 is 10.0 Å². The summed E-state index contributed by atoms with van der Waals surface area (Å²) in [7, 11) is -1.03. The molecule has 1 N–H and O–H groups in total. The maximum absolute atomic E-state index is 12.3. The third kappa shape index (κ3) is 2.56. The second kappa shape index (κ2) is 5.00. The van der Waals surface area contributed by atoms with Crippen molar-refractivity contribution in [2.75, 3.05) is 46.3 Å². The summed E-state index contributed by atoms with van der Waals surface area (Å²) in [4.78, 5) is 2.17. The molecule has 0 aliphatic carbocycles. The molecule has 2 rings (SSSR count). The lowest BCUT2D eigenvalue weighted by atomic mass is 10.2. The summed E-state index contributed by atoms with van der Waals surface area (Å²) in [5.41, 5.74) is 0. The summed E-state index contributed by atoms with van der Waals surface area (Å²) in [5, 5.41) is 2.97. The Labute approximate surface area is 97.8 Å². The summed E-state index contributed by atoms with van der Waals surface area (Å²) in [5.74, 6) is 0. The molecular weight excluding hydrogens is 226 g/mol. The highest BCUT2D eigenvalue weighted by atomic mass is 32.2. The van der Waals surface area contributed by atoms with E-state index in [9.17, 15) is 8.42 Å². The van der Waals surface area contributed by atoms with Crippen molar-refractivity contribution >= 4 is 10.0 Å². The summed E-state index contributed by atoms with van der Waals surface area (Å²) in [6.45, 7) is 4.56. The Kier molecular flexibility index (Phi) is 3.84. The first-order valence-electron chi connectivity index (χ1n) is 5.99. The number of hydrogen-bond donors (Lipinski definition) is 1. The van der Waals surface area contributed by atoms with Gasteiger partial charge in [0.25, 0.3) is 0 Å². The Bertz CT molecular complexity index is 317. The van der Waals surface area contributed by atoms with Gasteiger partial charge in [0.1, 0.15) is 0 Å². The standard InChI is InChI=1S/C10H21N3O2S/c1-12-5-7-13(8-6-12)16(14,15)10-3-2-4-11-9-10/h10-11H,2-9H2,1H3. The Balaban J connectivity index is 2.00. The predicted molar refractivity (Wildman–Crippen MR) is 63.9 cm³/mol. The first-order valence-corrected chi connectivity index (χ1v) is 7.49. The Morgan fingerprint density at radius 1 is 1.19 bits per heavy atom. The van der Waals surface area contributed by atoms with Crippen LogP contribution in [0.3, 0.4) is 0 Å². The SMILES string of the molecule is CN1CCN(S(=O)(=O)C2CCCNC2)CC1. The van der Waals surface area contributed by atoms with Crippen molar-refractivity contribution in [3.05, 3.63) is 0 Å². The molecule has 0 aromatic heterocycles. The van der Waals surface area contributed by atoms with E-state index in [1.165, 1.54) is 0 Å². The molecule has 94 valence electrons. The van der Waals surface area contributed by atoms with Gasteiger partial charge in [-0.2, -0.15) is 4.31 Å². The lowest BCUT2D eigenvalue weighted by Crippen LogP contribution is -2.52. The van der Waals surface area contributed by atoms with Crippen LogP contribution in [0.15, 0.2) is 0 Å². The van der Waals surface area contributed by atoms with Gasteiger partial charge in [-0.15, -0.1) is 0 Å². The van der Waals surface area contributed by atoms with Gasteiger partial charge >= 0.3 is 0 Å². The molecule has 1 unspecified atom stereocenters. The van der Waals surface area contributed by atoms with Crippen LogP contribution in [-0.2, 0) is 10.0 Å². The summed E-state index contributed by atoms with van der Waals surface area (Å²) in [6.07, 6.45) is 1.78. The number of piperidine rings is 1. The highest BCUT2D eigenvalue weighted by molar-refractivity contribution is 7.89. The number of hydrogen-bond acceptors (Lipinski definition) is 4. The molecular formula is C10H21N3O2S. The molecule has 0 radical (unpaired) electrons. The van der Waals surface area contributed by atoms with E-state index in [-0.39, 0.29) is 5.25 Å². The van der Waals surface area contributed by atoms with E-state index in [4.69, 9.17) is 0 Å². The minimum Gasteiger partial charge on any atom is -0.315 e. The van der Waals surface area contributed by atoms with Crippen molar-refractivity contribution in [1.29, 1.82) is 0 Å². The van der Waals surface area contributed by atoms with Gasteiger partial charge in [-0.3, -0.25) is 0 Å². The second-order valence-corrected chi connectivity index (χ2v) is 6.93. The minimum absolute atomic E-state index is 0.204. The van der Waals surface area contributed by atoms with Crippen molar-refractivity contribution in [3.8, 4) is 0 Å². The highest BCUT2D eigenvalue weighted by Crippen LogP contribution is 2.17. The van der Waals surface area contributed by atoms with Crippen LogP contribution < -0.4 is 5.32 Å². The zero-order valence-corrected chi connectivity index (χ0v) is 10.7. The molecule has 1 atom stereocenters. The van der Waals surface area contributed by atoms with Crippen LogP contribution in [-0.4, -0.2) is 69.2 Å². The van der Waals surface area contributed by atoms with E-state index in [1.54, 1.807) is 4.31 Å². The van der Waals surface area contributed by atoms with E-state index >= 15 is 0 Å². The quantitative estimate of drug-likeness (QED) is 0.702. The molecule has 2 fully saturated rings. The van der Waals surface area contributed by atoms with Crippen molar-refractivity contribution in [3.63, 3.8) is 0 Å². The molecule has 2 aliphatic rings. The molecule has 0 saturated carbocycles. The third-order valence-electron chi connectivity index (χ3n) is 3.50. The summed E-state index contributed by atoms with van der Waals surface area (Å²) < 4.78 is 26.3. The van der Waals surface area contributed by atoms with E-state index in [2.05, 4.69) is 10.2 Å². The lowest BCUT2D eigenvalue weighted by molar-refractivity contribution is 0.220. The second-order valence-electron chi connectivity index (χ2n) is 4.72. The molecule has 2 aliphatic heterocycles. The number of rotatable bonds is 2. The van der Waals surface area contributed by atoms with Gasteiger partial charge in [-0.05, 0) is 26.4 Å². The number of sulfonamides is 1. The first-order chi connectivity index (χ1) is 7.60. The van der Waals surface area contributed by atoms with Gasteiger partial charge in [0.2, 0.25) is 10.0 Å². The van der Waals surface area contributed by atoms with Crippen molar-refractivity contribution in [1.82, 2.24) is 14.5 Å². The van der Waals surface area contributed by atoms with Gasteiger partial charge < -0.3 is 10.2 Å². The maximum atomic E-state index is 12.3. The maximum Gasteiger partial charge on any atom is 0.218 e. The Morgan fingerprint density at radius 2 is 1.88 bits per heavy atom. The Morgan fingerprint density at radius 3 is 2.44 bits per heavy atom. The van der Waals surface area contributed by atoms with Crippen LogP contribution in [0.2, 0.25) is 0 Å². The molecule has 16 heavy (non-hydrogen) atoms. The number of nitrogens with one attached hydrogen (secondary N) is 1. The molecule has 2 heterocycles. The molecule has 0 aromatic rings. The Hall–Kier alpha value is -0.170. The summed E-state index contributed by atoms with van der Waals surface area (Å²) >= 11 is 0. The molecule has 0 amide bonds. The number of piperazine rings is 1. The topological polar surface area (TPSA) is 52.7 Å². The van der Waals surface area contributed by atoms with Crippen LogP contribution in [0.1, 0.15) is 12.8 Å². The van der Waals surface area contributed by atoms with E-state index in [0.717, 1.165) is 32.5 Å². The zero-order chi connectivity index (χ0) is 11.6. The minimum atomic E-state index is -3.06. The molecule has 5 nitrogen and oxygen atoms in total. The van der Waals surface area contributed by atoms with Crippen LogP contribution in [0.25, 0.3) is 0 Å². The number of nitrogens with zero attached hydrogens (tertiary/aromatic N) is 2. The van der Waals surface area contributed by atoms with Crippen LogP contribution in [0.4, 0.5) is 0 Å². The number of likely N-dealkylation sites (N-methyl/N-ethyl adjacent to an activating group) is 1.